The molecule has 0 aromatic heterocycles. The molecule has 2 aliphatic rings. The van der Waals surface area contributed by atoms with Crippen LogP contribution in [-0.4, -0.2) is 51.3 Å². The van der Waals surface area contributed by atoms with Crippen LogP contribution in [0.1, 0.15) is 24.0 Å². The Kier molecular flexibility index (Phi) is 6.16. The van der Waals surface area contributed by atoms with Gasteiger partial charge in [0.25, 0.3) is 5.92 Å². The van der Waals surface area contributed by atoms with Gasteiger partial charge in [0.1, 0.15) is 12.7 Å². The van der Waals surface area contributed by atoms with E-state index in [4.69, 9.17) is 16.3 Å². The topological polar surface area (TPSA) is 46.6 Å². The molecule has 0 aliphatic carbocycles. The molecule has 2 atom stereocenters. The summed E-state index contributed by atoms with van der Waals surface area (Å²) in [5.74, 6) is -2.81. The maximum Gasteiger partial charge on any atom is 0.297 e. The Labute approximate surface area is 187 Å². The first-order valence-electron chi connectivity index (χ1n) is 10.3. The summed E-state index contributed by atoms with van der Waals surface area (Å²) in [6.07, 6.45) is 1.88. The van der Waals surface area contributed by atoms with Crippen LogP contribution in [0.2, 0.25) is 5.02 Å². The number of nitrogens with zero attached hydrogens (tertiary/aromatic N) is 1. The number of hydrogen-bond donors (Lipinski definition) is 0. The molecule has 4 rings (SSSR count). The van der Waals surface area contributed by atoms with E-state index in [9.17, 15) is 17.2 Å². The molecule has 2 heterocycles. The van der Waals surface area contributed by atoms with Gasteiger partial charge in [0.2, 0.25) is 0 Å². The molecule has 1 unspecified atom stereocenters. The van der Waals surface area contributed by atoms with E-state index in [0.29, 0.717) is 37.4 Å². The van der Waals surface area contributed by atoms with Crippen molar-refractivity contribution in [1.82, 2.24) is 4.90 Å². The monoisotopic (exact) mass is 469 g/mol. The molecule has 0 bridgehead atoms. The molecule has 0 spiro atoms. The third kappa shape index (κ3) is 4.95. The van der Waals surface area contributed by atoms with Gasteiger partial charge in [-0.05, 0) is 61.2 Å². The average Bonchev–Trinajstić information content (AvgIpc) is 3.10. The number of ether oxygens (including phenoxy) is 1. The van der Waals surface area contributed by atoms with Crippen molar-refractivity contribution in [3.63, 3.8) is 0 Å². The summed E-state index contributed by atoms with van der Waals surface area (Å²) in [4.78, 5) is 2.46. The lowest BCUT2D eigenvalue weighted by atomic mass is 9.72. The van der Waals surface area contributed by atoms with E-state index in [0.717, 1.165) is 17.7 Å². The van der Waals surface area contributed by atoms with E-state index in [1.54, 1.807) is 24.3 Å². The molecule has 31 heavy (non-hydrogen) atoms. The van der Waals surface area contributed by atoms with E-state index >= 15 is 0 Å². The van der Waals surface area contributed by atoms with Crippen LogP contribution in [0.25, 0.3) is 0 Å². The van der Waals surface area contributed by atoms with Gasteiger partial charge in [-0.2, -0.15) is 0 Å². The lowest BCUT2D eigenvalue weighted by Crippen LogP contribution is -2.61. The highest BCUT2D eigenvalue weighted by Crippen LogP contribution is 2.50. The summed E-state index contributed by atoms with van der Waals surface area (Å²) in [6.45, 7) is 1.43. The van der Waals surface area contributed by atoms with Crippen LogP contribution in [-0.2, 0) is 27.5 Å². The second-order valence-electron chi connectivity index (χ2n) is 8.82. The van der Waals surface area contributed by atoms with Crippen LogP contribution in [0.4, 0.5) is 8.78 Å². The number of aryl methyl sites for hydroxylation is 1. The summed E-state index contributed by atoms with van der Waals surface area (Å²) in [5, 5.41) is 0.670. The Morgan fingerprint density at radius 2 is 1.74 bits per heavy atom. The molecule has 2 aromatic rings. The smallest absolute Gasteiger partial charge is 0.297 e. The highest BCUT2D eigenvalue weighted by atomic mass is 35.5. The minimum atomic E-state index is -3.26. The Hall–Kier alpha value is -1.54. The number of benzene rings is 2. The lowest BCUT2D eigenvalue weighted by molar-refractivity contribution is -0.301. The molecule has 2 aromatic carbocycles. The van der Waals surface area contributed by atoms with Gasteiger partial charge in [-0.1, -0.05) is 35.9 Å². The fourth-order valence-corrected chi connectivity index (χ4v) is 5.49. The maximum absolute atomic E-state index is 14.4. The minimum Gasteiger partial charge on any atom is -0.365 e. The molecular weight excluding hydrogens is 444 g/mol. The first-order valence-corrected chi connectivity index (χ1v) is 12.6. The Bertz CT molecular complexity index is 1030. The summed E-state index contributed by atoms with van der Waals surface area (Å²) >= 11 is 5.96. The molecule has 8 heteroatoms. The van der Waals surface area contributed by atoms with Crippen molar-refractivity contribution in [2.75, 3.05) is 26.0 Å². The molecule has 2 fully saturated rings. The summed E-state index contributed by atoms with van der Waals surface area (Å²) in [7, 11) is -3.26. The van der Waals surface area contributed by atoms with Crippen molar-refractivity contribution in [3.8, 4) is 0 Å². The fourth-order valence-electron chi connectivity index (χ4n) is 4.73. The van der Waals surface area contributed by atoms with Crippen molar-refractivity contribution in [3.05, 3.63) is 64.7 Å². The number of sulfone groups is 1. The zero-order valence-corrected chi connectivity index (χ0v) is 18.9. The normalized spacial score (nSPS) is 26.0. The first kappa shape index (κ1) is 22.6. The molecule has 4 nitrogen and oxygen atoms in total. The number of alkyl halides is 2. The quantitative estimate of drug-likeness (QED) is 0.594. The molecule has 2 saturated heterocycles. The predicted molar refractivity (Wildman–Crippen MR) is 116 cm³/mol. The molecule has 0 saturated carbocycles. The second kappa shape index (κ2) is 8.43. The first-order chi connectivity index (χ1) is 14.6. The Morgan fingerprint density at radius 1 is 1.10 bits per heavy atom. The standard InChI is InChI=1S/C23H26ClF2NO3S/c1-31(28,29)20-8-4-17(5-9-20)10-11-22(21-23(25,26)16-30-21)12-13-27(15-22)14-18-2-6-19(24)7-3-18/h2-9,21H,10-16H2,1H3/t21?,22-/m1/s1. The molecule has 0 amide bonds. The molecule has 168 valence electrons. The van der Waals surface area contributed by atoms with Crippen molar-refractivity contribution >= 4 is 21.4 Å². The minimum absolute atomic E-state index is 0.259. The van der Waals surface area contributed by atoms with E-state index in [-0.39, 0.29) is 4.90 Å². The van der Waals surface area contributed by atoms with E-state index in [2.05, 4.69) is 4.90 Å². The molecule has 0 radical (unpaired) electrons. The number of rotatable bonds is 7. The van der Waals surface area contributed by atoms with Gasteiger partial charge >= 0.3 is 0 Å². The van der Waals surface area contributed by atoms with Crippen LogP contribution >= 0.6 is 11.6 Å². The van der Waals surface area contributed by atoms with Gasteiger partial charge in [0.15, 0.2) is 9.84 Å². The zero-order chi connectivity index (χ0) is 22.3. The molecular formula is C23H26ClF2NO3S. The van der Waals surface area contributed by atoms with Crippen molar-refractivity contribution in [1.29, 1.82) is 0 Å². The highest BCUT2D eigenvalue weighted by molar-refractivity contribution is 7.90. The zero-order valence-electron chi connectivity index (χ0n) is 17.4. The third-order valence-corrected chi connectivity index (χ3v) is 7.81. The third-order valence-electron chi connectivity index (χ3n) is 6.43. The lowest BCUT2D eigenvalue weighted by Gasteiger charge is -2.48. The number of hydrogen-bond acceptors (Lipinski definition) is 4. The van der Waals surface area contributed by atoms with Crippen molar-refractivity contribution in [2.45, 2.75) is 42.7 Å². The van der Waals surface area contributed by atoms with Crippen LogP contribution in [0.3, 0.4) is 0 Å². The van der Waals surface area contributed by atoms with Gasteiger partial charge in [0.05, 0.1) is 4.90 Å². The van der Waals surface area contributed by atoms with Gasteiger partial charge in [-0.25, -0.2) is 17.2 Å². The van der Waals surface area contributed by atoms with Gasteiger partial charge in [-0.15, -0.1) is 0 Å². The van der Waals surface area contributed by atoms with Crippen molar-refractivity contribution in [2.24, 2.45) is 5.41 Å². The Balaban J connectivity index is 1.48. The van der Waals surface area contributed by atoms with E-state index in [1.807, 2.05) is 24.3 Å². The predicted octanol–water partition coefficient (Wildman–Crippen LogP) is 4.60. The van der Waals surface area contributed by atoms with Crippen LogP contribution in [0.15, 0.2) is 53.4 Å². The summed E-state index contributed by atoms with van der Waals surface area (Å²) in [6, 6.07) is 14.3. The molecule has 2 aliphatic heterocycles. The Morgan fingerprint density at radius 3 is 2.29 bits per heavy atom. The van der Waals surface area contributed by atoms with Crippen LogP contribution in [0.5, 0.6) is 0 Å². The van der Waals surface area contributed by atoms with Gasteiger partial charge in [-0.3, -0.25) is 4.90 Å². The summed E-state index contributed by atoms with van der Waals surface area (Å²) < 4.78 is 57.5. The largest absolute Gasteiger partial charge is 0.365 e. The molecule has 0 N–H and O–H groups in total. The van der Waals surface area contributed by atoms with Gasteiger partial charge < -0.3 is 4.74 Å². The van der Waals surface area contributed by atoms with E-state index in [1.165, 1.54) is 6.26 Å². The van der Waals surface area contributed by atoms with Crippen molar-refractivity contribution < 1.29 is 21.9 Å². The van der Waals surface area contributed by atoms with Crippen LogP contribution in [0, 0.1) is 5.41 Å². The van der Waals surface area contributed by atoms with Gasteiger partial charge in [0, 0.05) is 29.8 Å². The SMILES string of the molecule is CS(=O)(=O)c1ccc(CC[C@@]2(C3OCC3(F)F)CCN(Cc3ccc(Cl)cc3)C2)cc1. The van der Waals surface area contributed by atoms with Crippen LogP contribution < -0.4 is 0 Å². The summed E-state index contributed by atoms with van der Waals surface area (Å²) in [5.41, 5.74) is 1.40. The fraction of sp³-hybridized carbons (Fsp3) is 0.478. The number of likely N-dealkylation sites (tertiary alicyclic amines) is 1. The number of halogens is 3. The average molecular weight is 470 g/mol. The van der Waals surface area contributed by atoms with E-state index < -0.39 is 33.9 Å². The highest BCUT2D eigenvalue weighted by Gasteiger charge is 2.61. The maximum atomic E-state index is 14.4. The second-order valence-corrected chi connectivity index (χ2v) is 11.3.